The van der Waals surface area contributed by atoms with Crippen LogP contribution in [0, 0.1) is 0 Å². The highest BCUT2D eigenvalue weighted by molar-refractivity contribution is 4.90. The molecule has 0 bridgehead atoms. The van der Waals surface area contributed by atoms with Gasteiger partial charge in [-0.05, 0) is 26.3 Å². The maximum absolute atomic E-state index is 5.77. The van der Waals surface area contributed by atoms with E-state index in [1.165, 1.54) is 12.1 Å². The molecule has 1 fully saturated rings. The Balaban J connectivity index is 2.13. The van der Waals surface area contributed by atoms with Crippen LogP contribution in [0.1, 0.15) is 19.8 Å². The molecule has 1 aliphatic rings. The summed E-state index contributed by atoms with van der Waals surface area (Å²) in [5.74, 6) is 0. The van der Waals surface area contributed by atoms with E-state index in [4.69, 9.17) is 5.73 Å². The maximum atomic E-state index is 5.77. The quantitative estimate of drug-likeness (QED) is 0.614. The fraction of sp³-hybridized carbons (Fsp3) is 0.778. The third-order valence-electron chi connectivity index (χ3n) is 2.16. The Morgan fingerprint density at radius 3 is 2.91 bits per heavy atom. The second-order valence-corrected chi connectivity index (χ2v) is 3.56. The van der Waals surface area contributed by atoms with Crippen molar-refractivity contribution in [2.24, 2.45) is 5.73 Å². The average molecular weight is 154 g/mol. The minimum atomic E-state index is 0.417. The first-order valence-electron chi connectivity index (χ1n) is 4.31. The molecule has 2 N–H and O–H groups in total. The monoisotopic (exact) mass is 154 g/mol. The van der Waals surface area contributed by atoms with Crippen molar-refractivity contribution in [3.05, 3.63) is 12.2 Å². The van der Waals surface area contributed by atoms with Gasteiger partial charge >= 0.3 is 0 Å². The maximum Gasteiger partial charge on any atom is 0.0180 e. The highest BCUT2D eigenvalue weighted by Crippen LogP contribution is 2.08. The molecule has 2 heteroatoms. The third-order valence-corrected chi connectivity index (χ3v) is 2.16. The highest BCUT2D eigenvalue weighted by Gasteiger charge is 2.17. The minimum Gasteiger partial charge on any atom is -0.326 e. The summed E-state index contributed by atoms with van der Waals surface area (Å²) in [6, 6.07) is 0.417. The Morgan fingerprint density at radius 1 is 1.73 bits per heavy atom. The summed E-state index contributed by atoms with van der Waals surface area (Å²) in [5.41, 5.74) is 7.04. The molecular formula is C9H18N2. The van der Waals surface area contributed by atoms with Crippen LogP contribution >= 0.6 is 0 Å². The third kappa shape index (κ3) is 3.04. The molecule has 0 saturated carbocycles. The zero-order chi connectivity index (χ0) is 8.27. The molecule has 1 rings (SSSR count). The van der Waals surface area contributed by atoms with Gasteiger partial charge in [-0.15, -0.1) is 6.58 Å². The summed E-state index contributed by atoms with van der Waals surface area (Å²) in [4.78, 5) is 2.42. The molecule has 0 aliphatic carbocycles. The minimum absolute atomic E-state index is 0.417. The normalized spacial score (nSPS) is 25.8. The number of hydrogen-bond donors (Lipinski definition) is 1. The summed E-state index contributed by atoms with van der Waals surface area (Å²) >= 11 is 0. The van der Waals surface area contributed by atoms with Crippen LogP contribution in [-0.4, -0.2) is 30.6 Å². The van der Waals surface area contributed by atoms with E-state index in [1.807, 2.05) is 0 Å². The van der Waals surface area contributed by atoms with Gasteiger partial charge in [0.25, 0.3) is 0 Å². The largest absolute Gasteiger partial charge is 0.326 e. The summed E-state index contributed by atoms with van der Waals surface area (Å²) in [7, 11) is 0. The highest BCUT2D eigenvalue weighted by atomic mass is 15.2. The van der Waals surface area contributed by atoms with Crippen LogP contribution in [0.3, 0.4) is 0 Å². The standard InChI is InChI=1S/C9H18N2/c1-8(2)3-5-11-6-4-9(10)7-11/h9H,1,3-7,10H2,2H3. The molecule has 1 atom stereocenters. The van der Waals surface area contributed by atoms with E-state index >= 15 is 0 Å². The summed E-state index contributed by atoms with van der Waals surface area (Å²) in [6.45, 7) is 9.35. The summed E-state index contributed by atoms with van der Waals surface area (Å²) < 4.78 is 0. The first kappa shape index (κ1) is 8.75. The molecule has 0 aromatic carbocycles. The fourth-order valence-corrected chi connectivity index (χ4v) is 1.41. The molecule has 0 spiro atoms. The zero-order valence-electron chi connectivity index (χ0n) is 7.34. The van der Waals surface area contributed by atoms with Crippen molar-refractivity contribution in [2.75, 3.05) is 19.6 Å². The van der Waals surface area contributed by atoms with Crippen LogP contribution in [0.5, 0.6) is 0 Å². The van der Waals surface area contributed by atoms with Crippen LogP contribution in [-0.2, 0) is 0 Å². The van der Waals surface area contributed by atoms with Crippen LogP contribution in [0.2, 0.25) is 0 Å². The Labute approximate surface area is 69.1 Å². The topological polar surface area (TPSA) is 29.3 Å². The van der Waals surface area contributed by atoms with Gasteiger partial charge in [-0.1, -0.05) is 5.57 Å². The van der Waals surface area contributed by atoms with E-state index < -0.39 is 0 Å². The van der Waals surface area contributed by atoms with Gasteiger partial charge < -0.3 is 10.6 Å². The second kappa shape index (κ2) is 3.88. The van der Waals surface area contributed by atoms with E-state index in [2.05, 4.69) is 18.4 Å². The van der Waals surface area contributed by atoms with Crippen LogP contribution < -0.4 is 5.73 Å². The Kier molecular flexibility index (Phi) is 3.09. The molecule has 1 saturated heterocycles. The van der Waals surface area contributed by atoms with Gasteiger partial charge in [-0.2, -0.15) is 0 Å². The summed E-state index contributed by atoms with van der Waals surface area (Å²) in [5, 5.41) is 0. The lowest BCUT2D eigenvalue weighted by atomic mass is 10.2. The molecule has 0 radical (unpaired) electrons. The molecule has 0 aromatic rings. The predicted octanol–water partition coefficient (Wildman–Crippen LogP) is 0.986. The molecule has 0 amide bonds. The van der Waals surface area contributed by atoms with Crippen molar-refractivity contribution in [1.82, 2.24) is 4.90 Å². The second-order valence-electron chi connectivity index (χ2n) is 3.56. The van der Waals surface area contributed by atoms with Crippen LogP contribution in [0.15, 0.2) is 12.2 Å². The number of likely N-dealkylation sites (tertiary alicyclic amines) is 1. The first-order chi connectivity index (χ1) is 5.18. The molecule has 1 unspecified atom stereocenters. The molecule has 1 aliphatic heterocycles. The molecule has 0 aromatic heterocycles. The number of nitrogens with two attached hydrogens (primary N) is 1. The van der Waals surface area contributed by atoms with Crippen molar-refractivity contribution in [3.8, 4) is 0 Å². The SMILES string of the molecule is C=C(C)CCN1CCC(N)C1. The van der Waals surface area contributed by atoms with Gasteiger partial charge in [0.15, 0.2) is 0 Å². The van der Waals surface area contributed by atoms with E-state index in [0.29, 0.717) is 6.04 Å². The molecule has 2 nitrogen and oxygen atoms in total. The van der Waals surface area contributed by atoms with Gasteiger partial charge in [0, 0.05) is 19.1 Å². The zero-order valence-corrected chi connectivity index (χ0v) is 7.34. The van der Waals surface area contributed by atoms with Gasteiger partial charge in [0.1, 0.15) is 0 Å². The molecule has 64 valence electrons. The molecule has 1 heterocycles. The lowest BCUT2D eigenvalue weighted by molar-refractivity contribution is 0.339. The van der Waals surface area contributed by atoms with Gasteiger partial charge in [-0.3, -0.25) is 0 Å². The lowest BCUT2D eigenvalue weighted by Crippen LogP contribution is -2.27. The van der Waals surface area contributed by atoms with Gasteiger partial charge in [-0.25, -0.2) is 0 Å². The van der Waals surface area contributed by atoms with Crippen molar-refractivity contribution < 1.29 is 0 Å². The van der Waals surface area contributed by atoms with Gasteiger partial charge in [0.2, 0.25) is 0 Å². The van der Waals surface area contributed by atoms with E-state index in [0.717, 1.165) is 25.9 Å². The van der Waals surface area contributed by atoms with Crippen molar-refractivity contribution in [3.63, 3.8) is 0 Å². The number of rotatable bonds is 3. The van der Waals surface area contributed by atoms with Crippen LogP contribution in [0.25, 0.3) is 0 Å². The first-order valence-corrected chi connectivity index (χ1v) is 4.31. The van der Waals surface area contributed by atoms with E-state index in [9.17, 15) is 0 Å². The average Bonchev–Trinajstić information content (AvgIpc) is 2.31. The fourth-order valence-electron chi connectivity index (χ4n) is 1.41. The smallest absolute Gasteiger partial charge is 0.0180 e. The Morgan fingerprint density at radius 2 is 2.45 bits per heavy atom. The summed E-state index contributed by atoms with van der Waals surface area (Å²) in [6.07, 6.45) is 2.28. The van der Waals surface area contributed by atoms with Crippen molar-refractivity contribution >= 4 is 0 Å². The predicted molar refractivity (Wildman–Crippen MR) is 48.5 cm³/mol. The Bertz CT molecular complexity index is 142. The molecule has 11 heavy (non-hydrogen) atoms. The van der Waals surface area contributed by atoms with Crippen molar-refractivity contribution in [2.45, 2.75) is 25.8 Å². The van der Waals surface area contributed by atoms with Crippen molar-refractivity contribution in [1.29, 1.82) is 0 Å². The molecular weight excluding hydrogens is 136 g/mol. The Hall–Kier alpha value is -0.340. The van der Waals surface area contributed by atoms with Gasteiger partial charge in [0.05, 0.1) is 0 Å². The number of nitrogens with zero attached hydrogens (tertiary/aromatic N) is 1. The lowest BCUT2D eigenvalue weighted by Gasteiger charge is -2.14. The number of hydrogen-bond acceptors (Lipinski definition) is 2. The van der Waals surface area contributed by atoms with E-state index in [1.54, 1.807) is 0 Å². The van der Waals surface area contributed by atoms with Crippen LogP contribution in [0.4, 0.5) is 0 Å². The van der Waals surface area contributed by atoms with E-state index in [-0.39, 0.29) is 0 Å².